The highest BCUT2D eigenvalue weighted by Gasteiger charge is 2.39. The van der Waals surface area contributed by atoms with Crippen LogP contribution in [0.3, 0.4) is 0 Å². The summed E-state index contributed by atoms with van der Waals surface area (Å²) in [5.41, 5.74) is 0.526. The summed E-state index contributed by atoms with van der Waals surface area (Å²) in [6.45, 7) is 12.1. The van der Waals surface area contributed by atoms with Gasteiger partial charge in [-0.1, -0.05) is 52.7 Å². The molecule has 144 valence electrons. The number of carbonyl (C=O) groups is 2. The van der Waals surface area contributed by atoms with Crippen molar-refractivity contribution in [2.45, 2.75) is 92.6 Å². The first kappa shape index (κ1) is 22.1. The van der Waals surface area contributed by atoms with E-state index in [1.54, 1.807) is 13.8 Å². The van der Waals surface area contributed by atoms with Crippen molar-refractivity contribution in [3.05, 3.63) is 11.6 Å². The van der Waals surface area contributed by atoms with Crippen LogP contribution < -0.4 is 0 Å². The fraction of sp³-hybridized carbons (Fsp3) is 0.818. The van der Waals surface area contributed by atoms with E-state index in [2.05, 4.69) is 26.8 Å². The molecule has 1 rings (SSSR count). The Bertz CT molecular complexity index is 490. The van der Waals surface area contributed by atoms with Gasteiger partial charge in [-0.3, -0.25) is 9.59 Å². The molecule has 0 fully saturated rings. The molecule has 0 radical (unpaired) electrons. The zero-order valence-electron chi connectivity index (χ0n) is 17.1. The lowest BCUT2D eigenvalue weighted by molar-refractivity contribution is -0.139. The van der Waals surface area contributed by atoms with E-state index in [9.17, 15) is 14.7 Å². The van der Waals surface area contributed by atoms with Gasteiger partial charge >= 0.3 is 0 Å². The number of Topliss-reactive ketones (excluding diaryl/α,β-unsaturated/α-hetero) is 2. The number of carbonyl (C=O) groups excluding carboxylic acids is 2. The van der Waals surface area contributed by atoms with E-state index < -0.39 is 11.5 Å². The number of hydrogen-bond acceptors (Lipinski definition) is 3. The molecule has 1 aliphatic carbocycles. The van der Waals surface area contributed by atoms with Crippen LogP contribution in [0.15, 0.2) is 11.6 Å². The molecule has 0 aromatic rings. The van der Waals surface area contributed by atoms with Gasteiger partial charge in [0, 0.05) is 24.2 Å². The largest absolute Gasteiger partial charge is 0.392 e. The molecule has 3 nitrogen and oxygen atoms in total. The summed E-state index contributed by atoms with van der Waals surface area (Å²) >= 11 is 0. The van der Waals surface area contributed by atoms with Crippen molar-refractivity contribution in [3.8, 4) is 0 Å². The predicted molar refractivity (Wildman–Crippen MR) is 103 cm³/mol. The Morgan fingerprint density at radius 1 is 1.08 bits per heavy atom. The molecule has 0 heterocycles. The lowest BCUT2D eigenvalue weighted by atomic mass is 9.73. The van der Waals surface area contributed by atoms with Gasteiger partial charge in [-0.25, -0.2) is 0 Å². The first-order chi connectivity index (χ1) is 11.5. The normalized spacial score (nSPS) is 35.9. The maximum atomic E-state index is 12.8. The number of ketones is 2. The fourth-order valence-electron chi connectivity index (χ4n) is 3.97. The molecular weight excluding hydrogens is 312 g/mol. The number of allylic oxidation sites excluding steroid dienone is 2. The second kappa shape index (κ2) is 9.66. The van der Waals surface area contributed by atoms with E-state index in [0.29, 0.717) is 18.3 Å². The third kappa shape index (κ3) is 7.05. The number of hydrogen-bond donors (Lipinski definition) is 1. The quantitative estimate of drug-likeness (QED) is 0.618. The maximum Gasteiger partial charge on any atom is 0.143 e. The highest BCUT2D eigenvalue weighted by Crippen LogP contribution is 2.32. The molecule has 0 spiro atoms. The van der Waals surface area contributed by atoms with Crippen molar-refractivity contribution in [1.82, 2.24) is 0 Å². The first-order valence-electron chi connectivity index (χ1n) is 9.95. The van der Waals surface area contributed by atoms with Gasteiger partial charge in [0.2, 0.25) is 0 Å². The van der Waals surface area contributed by atoms with Gasteiger partial charge in [-0.2, -0.15) is 0 Å². The van der Waals surface area contributed by atoms with E-state index in [1.807, 2.05) is 6.92 Å². The van der Waals surface area contributed by atoms with Crippen LogP contribution in [-0.2, 0) is 9.59 Å². The van der Waals surface area contributed by atoms with Gasteiger partial charge in [0.1, 0.15) is 11.6 Å². The van der Waals surface area contributed by atoms with Crippen molar-refractivity contribution in [1.29, 1.82) is 0 Å². The molecule has 1 N–H and O–H groups in total. The lowest BCUT2D eigenvalue weighted by Crippen LogP contribution is -2.41. The molecule has 3 heteroatoms. The molecule has 3 unspecified atom stereocenters. The summed E-state index contributed by atoms with van der Waals surface area (Å²) in [4.78, 5) is 25.1. The number of rotatable bonds is 0. The van der Waals surface area contributed by atoms with Crippen molar-refractivity contribution in [2.75, 3.05) is 0 Å². The minimum absolute atomic E-state index is 0.0550. The summed E-state index contributed by atoms with van der Waals surface area (Å²) < 4.78 is 0. The Kier molecular flexibility index (Phi) is 8.53. The Hall–Kier alpha value is -0.960. The van der Waals surface area contributed by atoms with E-state index in [1.165, 1.54) is 5.57 Å². The van der Waals surface area contributed by atoms with Crippen molar-refractivity contribution in [3.63, 3.8) is 0 Å². The highest BCUT2D eigenvalue weighted by molar-refractivity contribution is 5.88. The maximum absolute atomic E-state index is 12.8. The molecule has 0 aromatic carbocycles. The first-order valence-corrected chi connectivity index (χ1v) is 9.95. The molecule has 25 heavy (non-hydrogen) atoms. The topological polar surface area (TPSA) is 54.4 Å². The zero-order chi connectivity index (χ0) is 19.2. The zero-order valence-corrected chi connectivity index (χ0v) is 17.1. The standard InChI is InChI=1S/C22H38O3/c1-15-8-7-9-16(2)13-18(4)21(25)22(5,6)20(24)14-19(23)11-10-17(3)12-15/h12,16-18,20,24H,7-11,13-14H2,1-6H3/b15-12-/t16?,17-,18?,20?/m1/s1. The summed E-state index contributed by atoms with van der Waals surface area (Å²) in [5, 5.41) is 10.5. The predicted octanol–water partition coefficient (Wildman–Crippen LogP) is 5.11. The van der Waals surface area contributed by atoms with Crippen LogP contribution >= 0.6 is 0 Å². The molecule has 0 amide bonds. The average molecular weight is 351 g/mol. The van der Waals surface area contributed by atoms with Crippen LogP contribution in [0.4, 0.5) is 0 Å². The highest BCUT2D eigenvalue weighted by atomic mass is 16.3. The molecule has 0 bridgehead atoms. The SMILES string of the molecule is C/C1=C/[C@H](C)CCC(=O)CC(O)C(C)(C)C(=O)C(C)CC(C)CCC1. The second-order valence-corrected chi connectivity index (χ2v) is 9.01. The summed E-state index contributed by atoms with van der Waals surface area (Å²) in [5.74, 6) is 0.919. The molecule has 4 atom stereocenters. The van der Waals surface area contributed by atoms with E-state index in [-0.39, 0.29) is 23.9 Å². The Labute approximate surface area is 154 Å². The van der Waals surface area contributed by atoms with Gasteiger partial charge < -0.3 is 5.11 Å². The van der Waals surface area contributed by atoms with Gasteiger partial charge in [-0.15, -0.1) is 0 Å². The lowest BCUT2D eigenvalue weighted by Gasteiger charge is -2.32. The van der Waals surface area contributed by atoms with Gasteiger partial charge in [0.05, 0.1) is 6.10 Å². The van der Waals surface area contributed by atoms with Gasteiger partial charge in [-0.05, 0) is 44.4 Å². The molecule has 0 saturated carbocycles. The van der Waals surface area contributed by atoms with E-state index >= 15 is 0 Å². The van der Waals surface area contributed by atoms with Crippen LogP contribution in [0.5, 0.6) is 0 Å². The Morgan fingerprint density at radius 2 is 1.72 bits per heavy atom. The minimum atomic E-state index is -0.897. The van der Waals surface area contributed by atoms with Crippen LogP contribution in [0, 0.1) is 23.2 Å². The Morgan fingerprint density at radius 3 is 2.36 bits per heavy atom. The third-order valence-corrected chi connectivity index (χ3v) is 5.81. The van der Waals surface area contributed by atoms with Crippen molar-refractivity contribution < 1.29 is 14.7 Å². The molecule has 1 aliphatic rings. The third-order valence-electron chi connectivity index (χ3n) is 5.81. The summed E-state index contributed by atoms with van der Waals surface area (Å²) in [7, 11) is 0. The summed E-state index contributed by atoms with van der Waals surface area (Å²) in [6, 6.07) is 0. The molecule has 0 aliphatic heterocycles. The van der Waals surface area contributed by atoms with Crippen molar-refractivity contribution >= 4 is 11.6 Å². The van der Waals surface area contributed by atoms with Crippen molar-refractivity contribution in [2.24, 2.45) is 23.2 Å². The fourth-order valence-corrected chi connectivity index (χ4v) is 3.97. The number of aliphatic hydroxyl groups excluding tert-OH is 1. The Balaban J connectivity index is 2.93. The molecule has 0 aromatic heterocycles. The van der Waals surface area contributed by atoms with Crippen LogP contribution in [0.25, 0.3) is 0 Å². The second-order valence-electron chi connectivity index (χ2n) is 9.01. The van der Waals surface area contributed by atoms with E-state index in [0.717, 1.165) is 32.1 Å². The van der Waals surface area contributed by atoms with Crippen LogP contribution in [0.2, 0.25) is 0 Å². The van der Waals surface area contributed by atoms with Gasteiger partial charge in [0.15, 0.2) is 0 Å². The summed E-state index contributed by atoms with van der Waals surface area (Å²) in [6.07, 6.45) is 6.96. The molecule has 0 saturated heterocycles. The monoisotopic (exact) mass is 350 g/mol. The minimum Gasteiger partial charge on any atom is -0.392 e. The van der Waals surface area contributed by atoms with Crippen LogP contribution in [0.1, 0.15) is 86.5 Å². The average Bonchev–Trinajstić information content (AvgIpc) is 2.51. The molecular formula is C22H38O3. The number of aliphatic hydroxyl groups is 1. The van der Waals surface area contributed by atoms with E-state index in [4.69, 9.17) is 0 Å². The smallest absolute Gasteiger partial charge is 0.143 e. The van der Waals surface area contributed by atoms with Gasteiger partial charge in [0.25, 0.3) is 0 Å². The van der Waals surface area contributed by atoms with Crippen LogP contribution in [-0.4, -0.2) is 22.8 Å².